The van der Waals surface area contributed by atoms with Crippen molar-refractivity contribution >= 4 is 34.8 Å². The zero-order valence-electron chi connectivity index (χ0n) is 24.4. The summed E-state index contributed by atoms with van der Waals surface area (Å²) < 4.78 is 18.3. The van der Waals surface area contributed by atoms with E-state index in [1.807, 2.05) is 0 Å². The lowest BCUT2D eigenvalue weighted by Gasteiger charge is -2.35. The van der Waals surface area contributed by atoms with E-state index in [4.69, 9.17) is 19.9 Å². The summed E-state index contributed by atoms with van der Waals surface area (Å²) in [7, 11) is 0. The molecule has 1 atom stereocenters. The lowest BCUT2D eigenvalue weighted by Crippen LogP contribution is -2.51. The molecule has 1 aliphatic heterocycles. The Kier molecular flexibility index (Phi) is 8.07. The van der Waals surface area contributed by atoms with Crippen molar-refractivity contribution in [1.29, 1.82) is 0 Å². The quantitative estimate of drug-likeness (QED) is 0.174. The fourth-order valence-electron chi connectivity index (χ4n) is 4.70. The van der Waals surface area contributed by atoms with Crippen molar-refractivity contribution in [1.82, 2.24) is 19.4 Å². The molecule has 3 aromatic rings. The first-order valence-corrected chi connectivity index (χ1v) is 14.0. The molecule has 1 aliphatic carbocycles. The Morgan fingerprint density at radius 2 is 1.98 bits per heavy atom. The first kappa shape index (κ1) is 29.5. The summed E-state index contributed by atoms with van der Waals surface area (Å²) in [5, 5.41) is 10.7. The number of amidine groups is 1. The highest BCUT2D eigenvalue weighted by Gasteiger charge is 2.40. The van der Waals surface area contributed by atoms with Gasteiger partial charge in [0.05, 0.1) is 30.1 Å². The number of esters is 1. The molecule has 2 aromatic heterocycles. The lowest BCUT2D eigenvalue weighted by molar-refractivity contribution is -0.150. The number of aliphatic hydroxyl groups excluding tert-OH is 1. The van der Waals surface area contributed by atoms with Gasteiger partial charge in [-0.1, -0.05) is 0 Å². The molecule has 1 fully saturated rings. The van der Waals surface area contributed by atoms with Gasteiger partial charge >= 0.3 is 18.1 Å². The van der Waals surface area contributed by atoms with Crippen LogP contribution in [0.2, 0.25) is 0 Å². The number of carbonyl (C=O) groups excluding carboxylic acids is 3. The Balaban J connectivity index is 0.00000442. The molecule has 0 bridgehead atoms. The van der Waals surface area contributed by atoms with Gasteiger partial charge in [0.15, 0.2) is 0 Å². The molecule has 0 saturated heterocycles. The van der Waals surface area contributed by atoms with Gasteiger partial charge in [0.1, 0.15) is 29.6 Å². The van der Waals surface area contributed by atoms with Gasteiger partial charge in [-0.2, -0.15) is 4.99 Å². The highest BCUT2D eigenvalue weighted by molar-refractivity contribution is 6.02. The largest absolute Gasteiger partial charge is 0.512 e. The van der Waals surface area contributed by atoms with E-state index < -0.39 is 29.7 Å². The second kappa shape index (κ2) is 11.7. The van der Waals surface area contributed by atoms with Crippen LogP contribution in [0.3, 0.4) is 0 Å². The number of hydrogen-bond donors (Lipinski definition) is 2. The number of allylic oxidation sites excluding steroid dienone is 1. The van der Waals surface area contributed by atoms with E-state index in [9.17, 15) is 19.5 Å². The summed E-state index contributed by atoms with van der Waals surface area (Å²) in [4.78, 5) is 52.5. The van der Waals surface area contributed by atoms with Crippen molar-refractivity contribution in [3.8, 4) is 11.6 Å². The standard InChI is InChI=1S/C30H34N6O7.H2/c1-5-41-27(38)23-13-20-21(15-36(23)29(40)43-30(2,3)4)32-16-33-26(20)42-19-8-9-22-18(12-19)10-11-35(22)28(39)34-25(31)14-24(37)17-6-7-17;/h8-12,14,16-17,23,37H,5-7,13,15H2,1-4H3,(H2,31,34,39);1H/b24-14-;. The van der Waals surface area contributed by atoms with Gasteiger partial charge in [-0.3, -0.25) is 9.47 Å². The molecule has 3 N–H and O–H groups in total. The predicted octanol–water partition coefficient (Wildman–Crippen LogP) is 4.87. The highest BCUT2D eigenvalue weighted by atomic mass is 16.6. The van der Waals surface area contributed by atoms with Crippen LogP contribution in [-0.4, -0.2) is 66.7 Å². The fourth-order valence-corrected chi connectivity index (χ4v) is 4.70. The zero-order chi connectivity index (χ0) is 30.9. The van der Waals surface area contributed by atoms with Gasteiger partial charge in [-0.05, 0) is 64.8 Å². The Morgan fingerprint density at radius 1 is 1.21 bits per heavy atom. The Hall–Kier alpha value is -4.94. The maximum Gasteiger partial charge on any atom is 0.411 e. The SMILES string of the molecule is CCOC(=O)C1Cc2c(ncnc2Oc2ccc3c(ccn3C(=O)/N=C(N)/C=C(\O)C3CC3)c2)CN1C(=O)OC(C)(C)C.[HH]. The smallest absolute Gasteiger partial charge is 0.411 e. The number of aromatic nitrogens is 3. The Bertz CT molecular complexity index is 1640. The third kappa shape index (κ3) is 6.76. The minimum Gasteiger partial charge on any atom is -0.512 e. The number of carbonyl (C=O) groups is 3. The van der Waals surface area contributed by atoms with E-state index >= 15 is 0 Å². The molecular weight excluding hydrogens is 556 g/mol. The molecule has 13 heteroatoms. The number of aliphatic imine (C=N–C) groups is 1. The Labute approximate surface area is 249 Å². The third-order valence-electron chi connectivity index (χ3n) is 6.87. The van der Waals surface area contributed by atoms with Gasteiger partial charge in [-0.25, -0.2) is 24.4 Å². The van der Waals surface area contributed by atoms with Crippen LogP contribution in [0.1, 0.15) is 53.2 Å². The number of hydrogen-bond acceptors (Lipinski definition) is 9. The summed E-state index contributed by atoms with van der Waals surface area (Å²) in [6.45, 7) is 7.10. The number of aliphatic hydroxyl groups is 1. The summed E-state index contributed by atoms with van der Waals surface area (Å²) in [6, 6.07) is 5.28. The molecule has 228 valence electrons. The number of rotatable bonds is 6. The van der Waals surface area contributed by atoms with Crippen LogP contribution in [0, 0.1) is 5.92 Å². The van der Waals surface area contributed by atoms with Gasteiger partial charge in [0, 0.05) is 37.0 Å². The molecule has 5 rings (SSSR count). The summed E-state index contributed by atoms with van der Waals surface area (Å²) >= 11 is 0. The monoisotopic (exact) mass is 592 g/mol. The van der Waals surface area contributed by atoms with E-state index in [-0.39, 0.29) is 44.4 Å². The van der Waals surface area contributed by atoms with Crippen molar-refractivity contribution < 1.29 is 35.1 Å². The normalized spacial score (nSPS) is 17.4. The summed E-state index contributed by atoms with van der Waals surface area (Å²) in [6.07, 6.45) is 5.42. The maximum atomic E-state index is 13.0. The van der Waals surface area contributed by atoms with Gasteiger partial charge < -0.3 is 25.1 Å². The second-order valence-electron chi connectivity index (χ2n) is 11.4. The molecule has 1 unspecified atom stereocenters. The molecular formula is C30H36N6O7. The molecule has 1 aromatic carbocycles. The van der Waals surface area contributed by atoms with Crippen molar-refractivity contribution in [2.45, 2.75) is 65.1 Å². The van der Waals surface area contributed by atoms with E-state index in [1.54, 1.807) is 58.2 Å². The summed E-state index contributed by atoms with van der Waals surface area (Å²) in [5.41, 5.74) is 6.75. The van der Waals surface area contributed by atoms with E-state index in [1.165, 1.54) is 21.9 Å². The van der Waals surface area contributed by atoms with Gasteiger partial charge in [-0.15, -0.1) is 0 Å². The minimum absolute atomic E-state index is 0. The molecule has 2 aliphatic rings. The number of nitrogens with zero attached hydrogens (tertiary/aromatic N) is 5. The number of fused-ring (bicyclic) bond motifs is 2. The van der Waals surface area contributed by atoms with Crippen molar-refractivity contribution in [2.75, 3.05) is 6.61 Å². The molecule has 0 radical (unpaired) electrons. The van der Waals surface area contributed by atoms with E-state index in [2.05, 4.69) is 15.0 Å². The highest BCUT2D eigenvalue weighted by Crippen LogP contribution is 2.35. The number of amides is 2. The van der Waals surface area contributed by atoms with Crippen LogP contribution in [0.25, 0.3) is 10.9 Å². The van der Waals surface area contributed by atoms with Crippen LogP contribution < -0.4 is 10.5 Å². The third-order valence-corrected chi connectivity index (χ3v) is 6.87. The van der Waals surface area contributed by atoms with E-state index in [0.29, 0.717) is 27.9 Å². The average Bonchev–Trinajstić information content (AvgIpc) is 3.71. The number of ether oxygens (including phenoxy) is 3. The molecule has 13 nitrogen and oxygen atoms in total. The van der Waals surface area contributed by atoms with Crippen molar-refractivity contribution in [3.05, 3.63) is 59.9 Å². The molecule has 1 saturated carbocycles. The average molecular weight is 593 g/mol. The topological polar surface area (TPSA) is 171 Å². The zero-order valence-corrected chi connectivity index (χ0v) is 24.4. The molecule has 2 amide bonds. The first-order chi connectivity index (χ1) is 20.4. The van der Waals surface area contributed by atoms with Crippen LogP contribution in [-0.2, 0) is 27.2 Å². The maximum absolute atomic E-state index is 13.0. The van der Waals surface area contributed by atoms with Gasteiger partial charge in [0.25, 0.3) is 0 Å². The molecule has 0 spiro atoms. The van der Waals surface area contributed by atoms with E-state index in [0.717, 1.165) is 12.8 Å². The molecule has 43 heavy (non-hydrogen) atoms. The summed E-state index contributed by atoms with van der Waals surface area (Å²) in [5.74, 6) is 0.249. The first-order valence-electron chi connectivity index (χ1n) is 14.0. The van der Waals surface area contributed by atoms with Crippen molar-refractivity contribution in [3.63, 3.8) is 0 Å². The minimum atomic E-state index is -0.952. The van der Waals surface area contributed by atoms with Crippen LogP contribution in [0.15, 0.2) is 53.6 Å². The Morgan fingerprint density at radius 3 is 2.67 bits per heavy atom. The molecule has 3 heterocycles. The second-order valence-corrected chi connectivity index (χ2v) is 11.4. The van der Waals surface area contributed by atoms with Gasteiger partial charge in [0.2, 0.25) is 5.88 Å². The number of nitrogens with two attached hydrogens (primary N) is 1. The van der Waals surface area contributed by atoms with Crippen molar-refractivity contribution in [2.24, 2.45) is 16.6 Å². The number of benzene rings is 1. The lowest BCUT2D eigenvalue weighted by atomic mass is 9.98. The van der Waals surface area contributed by atoms with Crippen LogP contribution in [0.5, 0.6) is 11.6 Å². The fraction of sp³-hybridized carbons (Fsp3) is 0.400. The van der Waals surface area contributed by atoms with Crippen LogP contribution in [0.4, 0.5) is 9.59 Å². The predicted molar refractivity (Wildman–Crippen MR) is 158 cm³/mol. The van der Waals surface area contributed by atoms with Crippen LogP contribution >= 0.6 is 0 Å².